The van der Waals surface area contributed by atoms with Gasteiger partial charge in [0.05, 0.1) is 12.0 Å². The zero-order valence-corrected chi connectivity index (χ0v) is 15.4. The SMILES string of the molecule is CCCCC(=O)N1CCN(S(=O)(=O)c2ccc(OC)c(C)c2)CC1. The quantitative estimate of drug-likeness (QED) is 0.784. The maximum atomic E-state index is 12.8. The zero-order chi connectivity index (χ0) is 17.7. The van der Waals surface area contributed by atoms with E-state index < -0.39 is 10.0 Å². The van der Waals surface area contributed by atoms with Crippen molar-refractivity contribution < 1.29 is 17.9 Å². The third-order valence-electron chi connectivity index (χ3n) is 4.34. The molecule has 1 fully saturated rings. The molecule has 0 unspecified atom stereocenters. The second-order valence-corrected chi connectivity index (χ2v) is 7.96. The molecule has 2 rings (SSSR count). The lowest BCUT2D eigenvalue weighted by atomic mass is 10.2. The molecule has 0 bridgehead atoms. The molecule has 6 nitrogen and oxygen atoms in total. The van der Waals surface area contributed by atoms with Crippen LogP contribution >= 0.6 is 0 Å². The lowest BCUT2D eigenvalue weighted by Crippen LogP contribution is -2.50. The van der Waals surface area contributed by atoms with Crippen LogP contribution in [0.4, 0.5) is 0 Å². The van der Waals surface area contributed by atoms with E-state index in [9.17, 15) is 13.2 Å². The maximum Gasteiger partial charge on any atom is 0.243 e. The van der Waals surface area contributed by atoms with Crippen LogP contribution in [0.15, 0.2) is 23.1 Å². The number of unbranched alkanes of at least 4 members (excludes halogenated alkanes) is 1. The van der Waals surface area contributed by atoms with Gasteiger partial charge in [-0.15, -0.1) is 0 Å². The Balaban J connectivity index is 2.04. The molecule has 1 aliphatic rings. The fourth-order valence-corrected chi connectivity index (χ4v) is 4.33. The lowest BCUT2D eigenvalue weighted by Gasteiger charge is -2.34. The number of carbonyl (C=O) groups is 1. The Morgan fingerprint density at radius 3 is 2.42 bits per heavy atom. The molecule has 0 aromatic heterocycles. The van der Waals surface area contributed by atoms with E-state index in [2.05, 4.69) is 6.92 Å². The van der Waals surface area contributed by atoms with Gasteiger partial charge in [-0.3, -0.25) is 4.79 Å². The fourth-order valence-electron chi connectivity index (χ4n) is 2.82. The second-order valence-electron chi connectivity index (χ2n) is 6.02. The average Bonchev–Trinajstić information content (AvgIpc) is 2.59. The monoisotopic (exact) mass is 354 g/mol. The zero-order valence-electron chi connectivity index (χ0n) is 14.6. The molecule has 1 amide bonds. The minimum absolute atomic E-state index is 0.120. The van der Waals surface area contributed by atoms with Crippen molar-refractivity contribution in [2.45, 2.75) is 38.0 Å². The number of benzene rings is 1. The molecule has 7 heteroatoms. The molecule has 1 aromatic carbocycles. The minimum atomic E-state index is -3.54. The van der Waals surface area contributed by atoms with Crippen molar-refractivity contribution in [3.8, 4) is 5.75 Å². The molecule has 1 heterocycles. The number of carbonyl (C=O) groups excluding carboxylic acids is 1. The molecule has 1 saturated heterocycles. The number of amides is 1. The predicted octanol–water partition coefficient (Wildman–Crippen LogP) is 2.03. The highest BCUT2D eigenvalue weighted by molar-refractivity contribution is 7.89. The number of ether oxygens (including phenoxy) is 1. The van der Waals surface area contributed by atoms with Crippen LogP contribution in [-0.4, -0.2) is 56.8 Å². The van der Waals surface area contributed by atoms with E-state index in [0.717, 1.165) is 18.4 Å². The molecule has 0 N–H and O–H groups in total. The van der Waals surface area contributed by atoms with Crippen molar-refractivity contribution in [1.82, 2.24) is 9.21 Å². The van der Waals surface area contributed by atoms with Gasteiger partial charge in [0.1, 0.15) is 5.75 Å². The molecular weight excluding hydrogens is 328 g/mol. The average molecular weight is 354 g/mol. The van der Waals surface area contributed by atoms with E-state index in [4.69, 9.17) is 4.74 Å². The van der Waals surface area contributed by atoms with Crippen molar-refractivity contribution in [2.24, 2.45) is 0 Å². The van der Waals surface area contributed by atoms with Crippen LogP contribution in [0, 0.1) is 6.92 Å². The number of nitrogens with zero attached hydrogens (tertiary/aromatic N) is 2. The molecule has 134 valence electrons. The summed E-state index contributed by atoms with van der Waals surface area (Å²) in [7, 11) is -1.97. The van der Waals surface area contributed by atoms with E-state index in [0.29, 0.717) is 38.3 Å². The Kier molecular flexibility index (Phi) is 6.23. The van der Waals surface area contributed by atoms with Crippen LogP contribution in [-0.2, 0) is 14.8 Å². The third-order valence-corrected chi connectivity index (χ3v) is 6.23. The molecule has 1 aliphatic heterocycles. The summed E-state index contributed by atoms with van der Waals surface area (Å²) in [4.78, 5) is 14.1. The highest BCUT2D eigenvalue weighted by atomic mass is 32.2. The number of hydrogen-bond acceptors (Lipinski definition) is 4. The molecule has 0 aliphatic carbocycles. The molecule has 1 aromatic rings. The molecule has 24 heavy (non-hydrogen) atoms. The lowest BCUT2D eigenvalue weighted by molar-refractivity contribution is -0.132. The summed E-state index contributed by atoms with van der Waals surface area (Å²) >= 11 is 0. The molecule has 0 saturated carbocycles. The second kappa shape index (κ2) is 7.98. The maximum absolute atomic E-state index is 12.8. The number of hydrogen-bond donors (Lipinski definition) is 0. The summed E-state index contributed by atoms with van der Waals surface area (Å²) in [5.41, 5.74) is 0.784. The standard InChI is InChI=1S/C17H26N2O4S/c1-4-5-6-17(20)18-9-11-19(12-10-18)24(21,22)15-7-8-16(23-3)14(2)13-15/h7-8,13H,4-6,9-12H2,1-3H3. The van der Waals surface area contributed by atoms with Crippen LogP contribution in [0.1, 0.15) is 31.7 Å². The minimum Gasteiger partial charge on any atom is -0.496 e. The molecule has 0 atom stereocenters. The first-order chi connectivity index (χ1) is 11.4. The summed E-state index contributed by atoms with van der Waals surface area (Å²) in [5, 5.41) is 0. The van der Waals surface area contributed by atoms with Crippen molar-refractivity contribution in [3.63, 3.8) is 0 Å². The van der Waals surface area contributed by atoms with E-state index in [1.807, 2.05) is 6.92 Å². The Morgan fingerprint density at radius 1 is 1.21 bits per heavy atom. The summed E-state index contributed by atoms with van der Waals surface area (Å²) in [6.45, 7) is 5.46. The molecular formula is C17H26N2O4S. The van der Waals surface area contributed by atoms with E-state index in [1.54, 1.807) is 30.2 Å². The first kappa shape index (κ1) is 18.7. The highest BCUT2D eigenvalue weighted by Gasteiger charge is 2.30. The largest absolute Gasteiger partial charge is 0.496 e. The van der Waals surface area contributed by atoms with Gasteiger partial charge < -0.3 is 9.64 Å². The number of sulfonamides is 1. The predicted molar refractivity (Wildman–Crippen MR) is 92.6 cm³/mol. The highest BCUT2D eigenvalue weighted by Crippen LogP contribution is 2.24. The first-order valence-corrected chi connectivity index (χ1v) is 9.76. The van der Waals surface area contributed by atoms with Crippen molar-refractivity contribution in [1.29, 1.82) is 0 Å². The molecule has 0 spiro atoms. The van der Waals surface area contributed by atoms with Gasteiger partial charge in [-0.2, -0.15) is 4.31 Å². The van der Waals surface area contributed by atoms with Gasteiger partial charge in [-0.25, -0.2) is 8.42 Å². The number of aryl methyl sites for hydroxylation is 1. The van der Waals surface area contributed by atoms with E-state index >= 15 is 0 Å². The van der Waals surface area contributed by atoms with E-state index in [1.165, 1.54) is 4.31 Å². The number of methoxy groups -OCH3 is 1. The van der Waals surface area contributed by atoms with Crippen LogP contribution in [0.3, 0.4) is 0 Å². The van der Waals surface area contributed by atoms with Gasteiger partial charge in [0.2, 0.25) is 15.9 Å². The van der Waals surface area contributed by atoms with Crippen molar-refractivity contribution >= 4 is 15.9 Å². The summed E-state index contributed by atoms with van der Waals surface area (Å²) in [6, 6.07) is 4.87. The Bertz CT molecular complexity index is 680. The van der Waals surface area contributed by atoms with Gasteiger partial charge in [0, 0.05) is 32.6 Å². The molecule has 0 radical (unpaired) electrons. The first-order valence-electron chi connectivity index (χ1n) is 8.32. The normalized spacial score (nSPS) is 16.2. The van der Waals surface area contributed by atoms with Crippen LogP contribution in [0.5, 0.6) is 5.75 Å². The summed E-state index contributed by atoms with van der Waals surface area (Å²) in [5.74, 6) is 0.787. The van der Waals surface area contributed by atoms with Crippen molar-refractivity contribution in [3.05, 3.63) is 23.8 Å². The Labute approximate surface area is 144 Å². The van der Waals surface area contributed by atoms with Gasteiger partial charge in [0.25, 0.3) is 0 Å². The van der Waals surface area contributed by atoms with Crippen LogP contribution < -0.4 is 4.74 Å². The van der Waals surface area contributed by atoms with Gasteiger partial charge >= 0.3 is 0 Å². The Morgan fingerprint density at radius 2 is 1.88 bits per heavy atom. The summed E-state index contributed by atoms with van der Waals surface area (Å²) < 4.78 is 32.2. The summed E-state index contributed by atoms with van der Waals surface area (Å²) in [6.07, 6.45) is 2.40. The number of rotatable bonds is 6. The van der Waals surface area contributed by atoms with Crippen molar-refractivity contribution in [2.75, 3.05) is 33.3 Å². The van der Waals surface area contributed by atoms with Gasteiger partial charge in [-0.1, -0.05) is 13.3 Å². The van der Waals surface area contributed by atoms with E-state index in [-0.39, 0.29) is 10.8 Å². The van der Waals surface area contributed by atoms with Gasteiger partial charge in [-0.05, 0) is 37.1 Å². The topological polar surface area (TPSA) is 66.9 Å². The van der Waals surface area contributed by atoms with Crippen LogP contribution in [0.25, 0.3) is 0 Å². The third kappa shape index (κ3) is 4.08. The fraction of sp³-hybridized carbons (Fsp3) is 0.588. The Hall–Kier alpha value is -1.60. The van der Waals surface area contributed by atoms with Gasteiger partial charge in [0.15, 0.2) is 0 Å². The smallest absolute Gasteiger partial charge is 0.243 e. The number of piperazine rings is 1. The van der Waals surface area contributed by atoms with Crippen LogP contribution in [0.2, 0.25) is 0 Å².